The van der Waals surface area contributed by atoms with Crippen molar-refractivity contribution in [2.45, 2.75) is 37.5 Å². The summed E-state index contributed by atoms with van der Waals surface area (Å²) in [6.07, 6.45) is 2.75. The van der Waals surface area contributed by atoms with Crippen LogP contribution >= 0.6 is 11.6 Å². The SMILES string of the molecule is Cc1nc(Cl)ccc1S(=O)(=O)N1CCC2(CC1)CC(=O)C2. The first-order valence-corrected chi connectivity index (χ1v) is 8.79. The molecule has 1 aromatic rings. The van der Waals surface area contributed by atoms with Gasteiger partial charge < -0.3 is 0 Å². The third-order valence-corrected chi connectivity index (χ3v) is 6.79. The zero-order chi connectivity index (χ0) is 15.3. The molecule has 0 atom stereocenters. The zero-order valence-electron chi connectivity index (χ0n) is 11.8. The highest BCUT2D eigenvalue weighted by atomic mass is 35.5. The van der Waals surface area contributed by atoms with Gasteiger partial charge in [0.1, 0.15) is 15.8 Å². The predicted octanol–water partition coefficient (Wildman–Crippen LogP) is 2.18. The summed E-state index contributed by atoms with van der Waals surface area (Å²) in [4.78, 5) is 15.4. The third kappa shape index (κ3) is 2.60. The van der Waals surface area contributed by atoms with Crippen molar-refractivity contribution in [3.8, 4) is 0 Å². The van der Waals surface area contributed by atoms with Crippen molar-refractivity contribution in [1.29, 1.82) is 0 Å². The van der Waals surface area contributed by atoms with Crippen LogP contribution in [-0.4, -0.2) is 36.6 Å². The molecule has 0 N–H and O–H groups in total. The second-order valence-corrected chi connectivity index (χ2v) is 8.31. The number of Topliss-reactive ketones (excluding diaryl/α,β-unsaturated/α-hetero) is 1. The Morgan fingerprint density at radius 1 is 1.24 bits per heavy atom. The number of piperidine rings is 1. The Kier molecular flexibility index (Phi) is 3.58. The van der Waals surface area contributed by atoms with Gasteiger partial charge in [-0.15, -0.1) is 0 Å². The summed E-state index contributed by atoms with van der Waals surface area (Å²) >= 11 is 5.78. The van der Waals surface area contributed by atoms with Gasteiger partial charge in [0.15, 0.2) is 0 Å². The maximum atomic E-state index is 12.7. The van der Waals surface area contributed by atoms with Crippen molar-refractivity contribution in [3.63, 3.8) is 0 Å². The van der Waals surface area contributed by atoms with Gasteiger partial charge in [0, 0.05) is 25.9 Å². The van der Waals surface area contributed by atoms with Gasteiger partial charge in [-0.05, 0) is 37.3 Å². The molecular weight excluding hydrogens is 312 g/mol. The fourth-order valence-corrected chi connectivity index (χ4v) is 5.06. The first kappa shape index (κ1) is 14.9. The fraction of sp³-hybridized carbons (Fsp3) is 0.571. The zero-order valence-corrected chi connectivity index (χ0v) is 13.4. The third-order valence-electron chi connectivity index (χ3n) is 4.55. The molecule has 2 fully saturated rings. The summed E-state index contributed by atoms with van der Waals surface area (Å²) in [6, 6.07) is 3.01. The van der Waals surface area contributed by atoms with Crippen molar-refractivity contribution in [1.82, 2.24) is 9.29 Å². The minimum atomic E-state index is -3.53. The van der Waals surface area contributed by atoms with Gasteiger partial charge in [-0.1, -0.05) is 11.6 Å². The Bertz CT molecular complexity index is 684. The number of sulfonamides is 1. The molecule has 5 nitrogen and oxygen atoms in total. The highest BCUT2D eigenvalue weighted by Crippen LogP contribution is 2.47. The Balaban J connectivity index is 1.79. The largest absolute Gasteiger partial charge is 0.300 e. The first-order chi connectivity index (χ1) is 9.82. The molecule has 2 heterocycles. The molecule has 1 spiro atoms. The number of aromatic nitrogens is 1. The second-order valence-electron chi connectivity index (χ2n) is 6.01. The number of ketones is 1. The summed E-state index contributed by atoms with van der Waals surface area (Å²) < 4.78 is 26.9. The standard InChI is InChI=1S/C14H17ClN2O3S/c1-10-12(2-3-13(15)16-10)21(19,20)17-6-4-14(5-7-17)8-11(18)9-14/h2-3H,4-9H2,1H3. The molecule has 1 aromatic heterocycles. The summed E-state index contributed by atoms with van der Waals surface area (Å²) in [5.74, 6) is 0.295. The number of pyridine rings is 1. The van der Waals surface area contributed by atoms with E-state index in [4.69, 9.17) is 11.6 Å². The molecule has 0 aromatic carbocycles. The van der Waals surface area contributed by atoms with E-state index in [1.54, 1.807) is 6.92 Å². The first-order valence-electron chi connectivity index (χ1n) is 6.97. The van der Waals surface area contributed by atoms with Gasteiger partial charge in [0.2, 0.25) is 10.0 Å². The highest BCUT2D eigenvalue weighted by molar-refractivity contribution is 7.89. The van der Waals surface area contributed by atoms with E-state index >= 15 is 0 Å². The number of hydrogen-bond donors (Lipinski definition) is 0. The lowest BCUT2D eigenvalue weighted by atomic mass is 9.63. The molecule has 3 rings (SSSR count). The lowest BCUT2D eigenvalue weighted by molar-refractivity contribution is -0.134. The monoisotopic (exact) mass is 328 g/mol. The van der Waals surface area contributed by atoms with E-state index in [1.807, 2.05) is 0 Å². The van der Waals surface area contributed by atoms with Gasteiger partial charge in [-0.2, -0.15) is 4.31 Å². The lowest BCUT2D eigenvalue weighted by Gasteiger charge is -2.46. The van der Waals surface area contributed by atoms with Gasteiger partial charge in [-0.3, -0.25) is 4.79 Å². The average molecular weight is 329 g/mol. The van der Waals surface area contributed by atoms with E-state index in [9.17, 15) is 13.2 Å². The van der Waals surface area contributed by atoms with Gasteiger partial charge in [0.05, 0.1) is 5.69 Å². The number of carbonyl (C=O) groups excluding carboxylic acids is 1. The molecular formula is C14H17ClN2O3S. The molecule has 114 valence electrons. The van der Waals surface area contributed by atoms with Crippen LogP contribution in [0, 0.1) is 12.3 Å². The van der Waals surface area contributed by atoms with Gasteiger partial charge in [0.25, 0.3) is 0 Å². The Hall–Kier alpha value is -0.980. The number of carbonyl (C=O) groups is 1. The van der Waals surface area contributed by atoms with Crippen LogP contribution in [0.1, 0.15) is 31.4 Å². The van der Waals surface area contributed by atoms with Crippen LogP contribution < -0.4 is 0 Å². The van der Waals surface area contributed by atoms with Crippen LogP contribution in [0.15, 0.2) is 17.0 Å². The number of halogens is 1. The van der Waals surface area contributed by atoms with Gasteiger partial charge >= 0.3 is 0 Å². The Morgan fingerprint density at radius 3 is 2.38 bits per heavy atom. The minimum absolute atomic E-state index is 0.0659. The van der Waals surface area contributed by atoms with Crippen molar-refractivity contribution in [2.75, 3.05) is 13.1 Å². The lowest BCUT2D eigenvalue weighted by Crippen LogP contribution is -2.49. The van der Waals surface area contributed by atoms with Crippen LogP contribution in [0.5, 0.6) is 0 Å². The summed E-state index contributed by atoms with van der Waals surface area (Å²) in [5.41, 5.74) is 0.484. The van der Waals surface area contributed by atoms with Crippen LogP contribution in [0.2, 0.25) is 5.15 Å². The number of nitrogens with zero attached hydrogens (tertiary/aromatic N) is 2. The van der Waals surface area contributed by atoms with Crippen LogP contribution in [0.25, 0.3) is 0 Å². The Labute approximate surface area is 129 Å². The summed E-state index contributed by atoms with van der Waals surface area (Å²) in [7, 11) is -3.53. The van der Waals surface area contributed by atoms with E-state index in [-0.39, 0.29) is 15.5 Å². The van der Waals surface area contributed by atoms with E-state index in [1.165, 1.54) is 16.4 Å². The Morgan fingerprint density at radius 2 is 1.86 bits per heavy atom. The number of aryl methyl sites for hydroxylation is 1. The topological polar surface area (TPSA) is 67.3 Å². The highest BCUT2D eigenvalue weighted by Gasteiger charge is 2.46. The molecule has 21 heavy (non-hydrogen) atoms. The summed E-state index contributed by atoms with van der Waals surface area (Å²) in [5, 5.41) is 0.289. The average Bonchev–Trinajstić information content (AvgIpc) is 2.37. The number of hydrogen-bond acceptors (Lipinski definition) is 4. The maximum absolute atomic E-state index is 12.7. The van der Waals surface area contributed by atoms with Crippen LogP contribution in [0.3, 0.4) is 0 Å². The molecule has 2 aliphatic rings. The van der Waals surface area contributed by atoms with Crippen molar-refractivity contribution >= 4 is 27.4 Å². The van der Waals surface area contributed by atoms with E-state index in [2.05, 4.69) is 4.98 Å². The van der Waals surface area contributed by atoms with E-state index in [0.29, 0.717) is 37.4 Å². The predicted molar refractivity (Wildman–Crippen MR) is 78.7 cm³/mol. The molecule has 1 aliphatic heterocycles. The van der Waals surface area contributed by atoms with E-state index < -0.39 is 10.0 Å². The van der Waals surface area contributed by atoms with E-state index in [0.717, 1.165) is 12.8 Å². The number of rotatable bonds is 2. The fourth-order valence-electron chi connectivity index (χ4n) is 3.27. The normalized spacial score (nSPS) is 22.3. The van der Waals surface area contributed by atoms with Gasteiger partial charge in [-0.25, -0.2) is 13.4 Å². The van der Waals surface area contributed by atoms with Crippen molar-refractivity contribution in [3.05, 3.63) is 23.0 Å². The molecule has 1 saturated carbocycles. The van der Waals surface area contributed by atoms with Crippen LogP contribution in [-0.2, 0) is 14.8 Å². The van der Waals surface area contributed by atoms with Crippen molar-refractivity contribution < 1.29 is 13.2 Å². The minimum Gasteiger partial charge on any atom is -0.300 e. The molecule has 0 bridgehead atoms. The smallest absolute Gasteiger partial charge is 0.244 e. The molecule has 1 aliphatic carbocycles. The second kappa shape index (κ2) is 5.04. The molecule has 0 radical (unpaired) electrons. The molecule has 0 amide bonds. The van der Waals surface area contributed by atoms with Crippen LogP contribution in [0.4, 0.5) is 0 Å². The van der Waals surface area contributed by atoms with Crippen molar-refractivity contribution in [2.24, 2.45) is 5.41 Å². The molecule has 7 heteroatoms. The molecule has 0 unspecified atom stereocenters. The quantitative estimate of drug-likeness (QED) is 0.780. The summed E-state index contributed by atoms with van der Waals surface area (Å²) in [6.45, 7) is 2.59. The maximum Gasteiger partial charge on any atom is 0.244 e. The molecule has 1 saturated heterocycles.